The summed E-state index contributed by atoms with van der Waals surface area (Å²) < 4.78 is 2.16. The van der Waals surface area contributed by atoms with E-state index in [1.807, 2.05) is 0 Å². The summed E-state index contributed by atoms with van der Waals surface area (Å²) in [5.74, 6) is 1.29. The number of anilines is 1. The zero-order valence-corrected chi connectivity index (χ0v) is 10.4. The summed E-state index contributed by atoms with van der Waals surface area (Å²) in [5, 5.41) is 8.44. The molecule has 0 atom stereocenters. The Bertz CT molecular complexity index is 373. The number of nitrogen functional groups attached to an aromatic ring is 1. The van der Waals surface area contributed by atoms with Gasteiger partial charge in [-0.15, -0.1) is 5.10 Å². The summed E-state index contributed by atoms with van der Waals surface area (Å²) in [6, 6.07) is 0.566. The molecule has 0 aromatic carbocycles. The van der Waals surface area contributed by atoms with Crippen LogP contribution >= 0.6 is 0 Å². The van der Waals surface area contributed by atoms with Gasteiger partial charge in [-0.2, -0.15) is 0 Å². The minimum absolute atomic E-state index is 0.566. The Hall–Kier alpha value is -1.06. The number of nitrogens with two attached hydrogens (primary N) is 1. The lowest BCUT2D eigenvalue weighted by atomic mass is 9.86. The van der Waals surface area contributed by atoms with Gasteiger partial charge in [0.25, 0.3) is 0 Å². The van der Waals surface area contributed by atoms with Gasteiger partial charge in [0.05, 0.1) is 11.7 Å². The molecule has 0 amide bonds. The molecule has 2 fully saturated rings. The molecular formula is C13H22N4. The second-order valence-corrected chi connectivity index (χ2v) is 5.58. The van der Waals surface area contributed by atoms with Gasteiger partial charge >= 0.3 is 0 Å². The molecular weight excluding hydrogens is 212 g/mol. The van der Waals surface area contributed by atoms with E-state index in [-0.39, 0.29) is 0 Å². The fraction of sp³-hybridized carbons (Fsp3) is 0.846. The first kappa shape index (κ1) is 11.1. The van der Waals surface area contributed by atoms with Crippen molar-refractivity contribution < 1.29 is 0 Å². The van der Waals surface area contributed by atoms with E-state index < -0.39 is 0 Å². The number of hydrogen-bond donors (Lipinski definition) is 1. The van der Waals surface area contributed by atoms with E-state index >= 15 is 0 Å². The molecule has 2 aliphatic rings. The van der Waals surface area contributed by atoms with Crippen LogP contribution in [0.5, 0.6) is 0 Å². The second kappa shape index (κ2) is 4.67. The predicted octanol–water partition coefficient (Wildman–Crippen LogP) is 3.02. The number of rotatable bonds is 2. The average molecular weight is 234 g/mol. The van der Waals surface area contributed by atoms with Crippen molar-refractivity contribution in [1.29, 1.82) is 0 Å². The summed E-state index contributed by atoms with van der Waals surface area (Å²) in [7, 11) is 0. The zero-order valence-electron chi connectivity index (χ0n) is 10.4. The van der Waals surface area contributed by atoms with Crippen LogP contribution in [0.3, 0.4) is 0 Å². The first-order valence-corrected chi connectivity index (χ1v) is 7.07. The van der Waals surface area contributed by atoms with Crippen LogP contribution in [-0.4, -0.2) is 15.0 Å². The fourth-order valence-corrected chi connectivity index (χ4v) is 3.50. The molecule has 2 aliphatic carbocycles. The normalized spacial score (nSPS) is 23.3. The van der Waals surface area contributed by atoms with Crippen molar-refractivity contribution in [2.45, 2.75) is 69.7 Å². The maximum atomic E-state index is 6.05. The monoisotopic (exact) mass is 234 g/mol. The van der Waals surface area contributed by atoms with Crippen LogP contribution in [0.25, 0.3) is 0 Å². The summed E-state index contributed by atoms with van der Waals surface area (Å²) in [4.78, 5) is 0. The Morgan fingerprint density at radius 3 is 2.29 bits per heavy atom. The van der Waals surface area contributed by atoms with Gasteiger partial charge in [0, 0.05) is 5.92 Å². The molecule has 2 saturated carbocycles. The maximum Gasteiger partial charge on any atom is 0.169 e. The molecule has 1 heterocycles. The van der Waals surface area contributed by atoms with Crippen LogP contribution in [0.15, 0.2) is 0 Å². The quantitative estimate of drug-likeness (QED) is 0.855. The fourth-order valence-electron chi connectivity index (χ4n) is 3.50. The number of hydrogen-bond acceptors (Lipinski definition) is 3. The van der Waals surface area contributed by atoms with Crippen molar-refractivity contribution >= 4 is 5.82 Å². The Balaban J connectivity index is 1.88. The largest absolute Gasteiger partial charge is 0.381 e. The zero-order chi connectivity index (χ0) is 11.7. The lowest BCUT2D eigenvalue weighted by Gasteiger charge is -2.24. The van der Waals surface area contributed by atoms with Crippen molar-refractivity contribution in [2.24, 2.45) is 0 Å². The highest BCUT2D eigenvalue weighted by molar-refractivity contribution is 5.36. The maximum absolute atomic E-state index is 6.05. The summed E-state index contributed by atoms with van der Waals surface area (Å²) in [5.41, 5.74) is 7.29. The van der Waals surface area contributed by atoms with Gasteiger partial charge in [0.15, 0.2) is 5.82 Å². The highest BCUT2D eigenvalue weighted by Gasteiger charge is 2.28. The predicted molar refractivity (Wildman–Crippen MR) is 67.8 cm³/mol. The van der Waals surface area contributed by atoms with Gasteiger partial charge in [0.1, 0.15) is 0 Å². The third-order valence-electron chi connectivity index (χ3n) is 4.42. The van der Waals surface area contributed by atoms with Crippen molar-refractivity contribution in [3.8, 4) is 0 Å². The minimum atomic E-state index is 0.566. The Labute approximate surface area is 103 Å². The third kappa shape index (κ3) is 2.05. The van der Waals surface area contributed by atoms with Gasteiger partial charge in [-0.05, 0) is 25.7 Å². The molecule has 3 rings (SSSR count). The van der Waals surface area contributed by atoms with Crippen LogP contribution < -0.4 is 5.73 Å². The SMILES string of the molecule is Nc1nnn(C2CCCC2)c1C1CCCCC1. The molecule has 4 heteroatoms. The lowest BCUT2D eigenvalue weighted by molar-refractivity contribution is 0.381. The van der Waals surface area contributed by atoms with Crippen molar-refractivity contribution in [1.82, 2.24) is 15.0 Å². The number of aromatic nitrogens is 3. The van der Waals surface area contributed by atoms with Crippen molar-refractivity contribution in [3.05, 3.63) is 5.69 Å². The minimum Gasteiger partial charge on any atom is -0.381 e. The van der Waals surface area contributed by atoms with Crippen LogP contribution in [0.1, 0.15) is 75.4 Å². The molecule has 94 valence electrons. The summed E-state index contributed by atoms with van der Waals surface area (Å²) in [6.07, 6.45) is 11.7. The van der Waals surface area contributed by atoms with Crippen LogP contribution in [0.2, 0.25) is 0 Å². The second-order valence-electron chi connectivity index (χ2n) is 5.58. The van der Waals surface area contributed by atoms with Crippen LogP contribution in [0.4, 0.5) is 5.82 Å². The van der Waals surface area contributed by atoms with Crippen LogP contribution in [0, 0.1) is 0 Å². The standard InChI is InChI=1S/C13H22N4/c14-13-12(10-6-2-1-3-7-10)17(16-15-13)11-8-4-5-9-11/h10-11H,1-9,14H2. The van der Waals surface area contributed by atoms with E-state index in [0.717, 1.165) is 0 Å². The molecule has 2 N–H and O–H groups in total. The molecule has 4 nitrogen and oxygen atoms in total. The number of nitrogens with zero attached hydrogens (tertiary/aromatic N) is 3. The molecule has 17 heavy (non-hydrogen) atoms. The lowest BCUT2D eigenvalue weighted by Crippen LogP contribution is -2.16. The van der Waals surface area contributed by atoms with E-state index in [1.54, 1.807) is 0 Å². The molecule has 0 unspecified atom stereocenters. The van der Waals surface area contributed by atoms with Gasteiger partial charge in [-0.3, -0.25) is 0 Å². The van der Waals surface area contributed by atoms with E-state index in [4.69, 9.17) is 5.73 Å². The van der Waals surface area contributed by atoms with Gasteiger partial charge in [-0.1, -0.05) is 37.3 Å². The highest BCUT2D eigenvalue weighted by Crippen LogP contribution is 2.38. The van der Waals surface area contributed by atoms with Gasteiger partial charge < -0.3 is 5.73 Å². The molecule has 1 aromatic heterocycles. The topological polar surface area (TPSA) is 56.7 Å². The van der Waals surface area contributed by atoms with E-state index in [1.165, 1.54) is 63.5 Å². The first-order chi connectivity index (χ1) is 8.36. The van der Waals surface area contributed by atoms with Crippen LogP contribution in [-0.2, 0) is 0 Å². The molecule has 0 bridgehead atoms. The third-order valence-corrected chi connectivity index (χ3v) is 4.42. The molecule has 0 spiro atoms. The molecule has 1 aromatic rings. The summed E-state index contributed by atoms with van der Waals surface area (Å²) in [6.45, 7) is 0. The Kier molecular flexibility index (Phi) is 3.04. The highest BCUT2D eigenvalue weighted by atomic mass is 15.5. The van der Waals surface area contributed by atoms with Crippen molar-refractivity contribution in [3.63, 3.8) is 0 Å². The first-order valence-electron chi connectivity index (χ1n) is 7.07. The van der Waals surface area contributed by atoms with Gasteiger partial charge in [0.2, 0.25) is 0 Å². The molecule has 0 aliphatic heterocycles. The summed E-state index contributed by atoms with van der Waals surface area (Å²) >= 11 is 0. The van der Waals surface area contributed by atoms with Crippen molar-refractivity contribution in [2.75, 3.05) is 5.73 Å². The van der Waals surface area contributed by atoms with E-state index in [2.05, 4.69) is 15.0 Å². The molecule has 0 saturated heterocycles. The smallest absolute Gasteiger partial charge is 0.169 e. The average Bonchev–Trinajstić information content (AvgIpc) is 2.98. The molecule has 0 radical (unpaired) electrons. The van der Waals surface area contributed by atoms with Gasteiger partial charge in [-0.25, -0.2) is 4.68 Å². The van der Waals surface area contributed by atoms with E-state index in [0.29, 0.717) is 17.8 Å². The Morgan fingerprint density at radius 1 is 0.941 bits per heavy atom. The Morgan fingerprint density at radius 2 is 1.59 bits per heavy atom. The van der Waals surface area contributed by atoms with E-state index in [9.17, 15) is 0 Å².